The Labute approximate surface area is 107 Å². The van der Waals surface area contributed by atoms with E-state index in [1.165, 1.54) is 15.6 Å². The Balaban J connectivity index is 2.62. The van der Waals surface area contributed by atoms with Crippen LogP contribution < -0.4 is 4.74 Å². The van der Waals surface area contributed by atoms with Gasteiger partial charge in [-0.1, -0.05) is 36.7 Å². The topological polar surface area (TPSA) is 9.23 Å². The number of ether oxygens (including phenoxy) is 1. The maximum atomic E-state index is 5.78. The van der Waals surface area contributed by atoms with E-state index >= 15 is 0 Å². The largest absolute Gasteiger partial charge is 0.494 e. The average Bonchev–Trinajstić information content (AvgIpc) is 2.12. The van der Waals surface area contributed by atoms with Crippen molar-refractivity contribution in [3.63, 3.8) is 0 Å². The van der Waals surface area contributed by atoms with Crippen molar-refractivity contribution in [3.8, 4) is 5.75 Å². The van der Waals surface area contributed by atoms with Gasteiger partial charge in [0.05, 0.1) is 6.61 Å². The lowest BCUT2D eigenvalue weighted by Crippen LogP contribution is -2.11. The van der Waals surface area contributed by atoms with E-state index in [2.05, 4.69) is 62.7 Å². The van der Waals surface area contributed by atoms with Crippen LogP contribution in [0.1, 0.15) is 38.3 Å². The molecule has 0 radical (unpaired) electrons. The standard InChI is InChI=1S/C14H21BrO/c1-10-8-12(9-11(2)13(10)15)16-7-6-14(3,4)5/h8-9H,6-7H2,1-5H3. The molecule has 0 amide bonds. The molecule has 0 aromatic heterocycles. The highest BCUT2D eigenvalue weighted by Gasteiger charge is 2.10. The zero-order chi connectivity index (χ0) is 12.3. The minimum atomic E-state index is 0.333. The van der Waals surface area contributed by atoms with E-state index in [1.54, 1.807) is 0 Å². The molecule has 0 atom stereocenters. The maximum absolute atomic E-state index is 5.78. The molecule has 0 saturated carbocycles. The van der Waals surface area contributed by atoms with Crippen LogP contribution >= 0.6 is 15.9 Å². The second-order valence-corrected chi connectivity index (χ2v) is 6.32. The molecule has 0 N–H and O–H groups in total. The van der Waals surface area contributed by atoms with E-state index in [1.807, 2.05) is 0 Å². The Morgan fingerprint density at radius 3 is 2.06 bits per heavy atom. The summed E-state index contributed by atoms with van der Waals surface area (Å²) in [4.78, 5) is 0. The SMILES string of the molecule is Cc1cc(OCCC(C)(C)C)cc(C)c1Br. The summed E-state index contributed by atoms with van der Waals surface area (Å²) in [6.45, 7) is 11.7. The van der Waals surface area contributed by atoms with Gasteiger partial charge in [0.2, 0.25) is 0 Å². The molecule has 1 nitrogen and oxygen atoms in total. The zero-order valence-electron chi connectivity index (χ0n) is 10.9. The van der Waals surface area contributed by atoms with Gasteiger partial charge in [-0.25, -0.2) is 0 Å². The fourth-order valence-electron chi connectivity index (χ4n) is 1.46. The summed E-state index contributed by atoms with van der Waals surface area (Å²) < 4.78 is 6.95. The lowest BCUT2D eigenvalue weighted by molar-refractivity contribution is 0.243. The fourth-order valence-corrected chi connectivity index (χ4v) is 1.69. The highest BCUT2D eigenvalue weighted by atomic mass is 79.9. The Morgan fingerprint density at radius 1 is 1.12 bits per heavy atom. The summed E-state index contributed by atoms with van der Waals surface area (Å²) in [5.41, 5.74) is 2.79. The van der Waals surface area contributed by atoms with Crippen molar-refractivity contribution in [1.82, 2.24) is 0 Å². The van der Waals surface area contributed by atoms with Gasteiger partial charge in [-0.3, -0.25) is 0 Å². The van der Waals surface area contributed by atoms with Crippen molar-refractivity contribution in [2.45, 2.75) is 41.0 Å². The third-order valence-electron chi connectivity index (χ3n) is 2.53. The number of hydrogen-bond donors (Lipinski definition) is 0. The predicted molar refractivity (Wildman–Crippen MR) is 73.2 cm³/mol. The fraction of sp³-hybridized carbons (Fsp3) is 0.571. The molecule has 0 aliphatic heterocycles. The summed E-state index contributed by atoms with van der Waals surface area (Å²) >= 11 is 3.56. The Bertz CT molecular complexity index is 340. The number of halogens is 1. The summed E-state index contributed by atoms with van der Waals surface area (Å²) in [7, 11) is 0. The van der Waals surface area contributed by atoms with Gasteiger partial charge in [-0.05, 0) is 48.9 Å². The van der Waals surface area contributed by atoms with Crippen LogP contribution in [-0.2, 0) is 0 Å². The van der Waals surface area contributed by atoms with Crippen molar-refractivity contribution in [2.75, 3.05) is 6.61 Å². The molecule has 0 unspecified atom stereocenters. The molecule has 0 heterocycles. The van der Waals surface area contributed by atoms with Crippen LogP contribution in [0.15, 0.2) is 16.6 Å². The number of aryl methyl sites for hydroxylation is 2. The molecular weight excluding hydrogens is 264 g/mol. The van der Waals surface area contributed by atoms with E-state index in [4.69, 9.17) is 4.74 Å². The van der Waals surface area contributed by atoms with Gasteiger partial charge in [0.25, 0.3) is 0 Å². The van der Waals surface area contributed by atoms with Crippen molar-refractivity contribution >= 4 is 15.9 Å². The van der Waals surface area contributed by atoms with E-state index in [0.29, 0.717) is 5.41 Å². The highest BCUT2D eigenvalue weighted by Crippen LogP contribution is 2.27. The molecule has 0 bridgehead atoms. The second kappa shape index (κ2) is 5.22. The molecule has 1 aromatic carbocycles. The molecule has 90 valence electrons. The number of hydrogen-bond acceptors (Lipinski definition) is 1. The van der Waals surface area contributed by atoms with Crippen molar-refractivity contribution in [3.05, 3.63) is 27.7 Å². The van der Waals surface area contributed by atoms with Crippen LogP contribution in [0.4, 0.5) is 0 Å². The van der Waals surface area contributed by atoms with Crippen LogP contribution in [0.25, 0.3) is 0 Å². The third kappa shape index (κ3) is 4.17. The minimum Gasteiger partial charge on any atom is -0.494 e. The van der Waals surface area contributed by atoms with Gasteiger partial charge in [-0.15, -0.1) is 0 Å². The number of benzene rings is 1. The van der Waals surface area contributed by atoms with E-state index < -0.39 is 0 Å². The first-order valence-corrected chi connectivity index (χ1v) is 6.48. The smallest absolute Gasteiger partial charge is 0.119 e. The van der Waals surface area contributed by atoms with Crippen molar-refractivity contribution < 1.29 is 4.74 Å². The van der Waals surface area contributed by atoms with Gasteiger partial charge in [-0.2, -0.15) is 0 Å². The lowest BCUT2D eigenvalue weighted by atomic mass is 9.93. The van der Waals surface area contributed by atoms with Crippen LogP contribution in [0.5, 0.6) is 5.75 Å². The summed E-state index contributed by atoms with van der Waals surface area (Å²) in [5.74, 6) is 0.974. The van der Waals surface area contributed by atoms with Crippen LogP contribution in [-0.4, -0.2) is 6.61 Å². The normalized spacial score (nSPS) is 11.6. The van der Waals surface area contributed by atoms with E-state index in [-0.39, 0.29) is 0 Å². The summed E-state index contributed by atoms with van der Waals surface area (Å²) in [5, 5.41) is 0. The third-order valence-corrected chi connectivity index (χ3v) is 3.78. The summed E-state index contributed by atoms with van der Waals surface area (Å²) in [6.07, 6.45) is 1.07. The molecule has 2 heteroatoms. The molecule has 1 rings (SSSR count). The molecule has 1 aromatic rings. The lowest BCUT2D eigenvalue weighted by Gasteiger charge is -2.18. The minimum absolute atomic E-state index is 0.333. The zero-order valence-corrected chi connectivity index (χ0v) is 12.4. The van der Waals surface area contributed by atoms with E-state index in [9.17, 15) is 0 Å². The Kier molecular flexibility index (Phi) is 4.43. The first-order valence-electron chi connectivity index (χ1n) is 5.69. The second-order valence-electron chi connectivity index (χ2n) is 5.53. The molecule has 0 aliphatic carbocycles. The Hall–Kier alpha value is -0.500. The molecule has 0 aliphatic rings. The molecule has 0 saturated heterocycles. The van der Waals surface area contributed by atoms with Gasteiger partial charge in [0.15, 0.2) is 0 Å². The van der Waals surface area contributed by atoms with Crippen LogP contribution in [0.3, 0.4) is 0 Å². The van der Waals surface area contributed by atoms with Gasteiger partial charge in [0.1, 0.15) is 5.75 Å². The first kappa shape index (κ1) is 13.6. The van der Waals surface area contributed by atoms with Gasteiger partial charge >= 0.3 is 0 Å². The number of rotatable bonds is 3. The predicted octanol–water partition coefficient (Wildman–Crippen LogP) is 4.88. The van der Waals surface area contributed by atoms with E-state index in [0.717, 1.165) is 18.8 Å². The first-order chi connectivity index (χ1) is 7.29. The molecule has 0 fully saturated rings. The molecular formula is C14H21BrO. The monoisotopic (exact) mass is 284 g/mol. The van der Waals surface area contributed by atoms with Gasteiger partial charge < -0.3 is 4.74 Å². The quantitative estimate of drug-likeness (QED) is 0.769. The molecule has 16 heavy (non-hydrogen) atoms. The average molecular weight is 285 g/mol. The summed E-state index contributed by atoms with van der Waals surface area (Å²) in [6, 6.07) is 4.17. The highest BCUT2D eigenvalue weighted by molar-refractivity contribution is 9.10. The van der Waals surface area contributed by atoms with Crippen molar-refractivity contribution in [1.29, 1.82) is 0 Å². The maximum Gasteiger partial charge on any atom is 0.119 e. The van der Waals surface area contributed by atoms with Crippen LogP contribution in [0.2, 0.25) is 0 Å². The Morgan fingerprint density at radius 2 is 1.62 bits per heavy atom. The van der Waals surface area contributed by atoms with Gasteiger partial charge in [0, 0.05) is 4.47 Å². The van der Waals surface area contributed by atoms with Crippen LogP contribution in [0, 0.1) is 19.3 Å². The molecule has 0 spiro atoms. The van der Waals surface area contributed by atoms with Crippen molar-refractivity contribution in [2.24, 2.45) is 5.41 Å².